The highest BCUT2D eigenvalue weighted by Crippen LogP contribution is 2.34. The van der Waals surface area contributed by atoms with Crippen LogP contribution in [0.4, 0.5) is 17.1 Å². The van der Waals surface area contributed by atoms with Crippen molar-refractivity contribution in [3.8, 4) is 0 Å². The molecule has 0 fully saturated rings. The molecule has 3 aromatic rings. The predicted molar refractivity (Wildman–Crippen MR) is 127 cm³/mol. The highest BCUT2D eigenvalue weighted by atomic mass is 32.1. The normalized spacial score (nSPS) is 15.1. The number of nitrogens with one attached hydrogen (secondary N) is 1. The van der Waals surface area contributed by atoms with Gasteiger partial charge in [0.05, 0.1) is 11.4 Å². The summed E-state index contributed by atoms with van der Waals surface area (Å²) in [6.07, 6.45) is 1.75. The van der Waals surface area contributed by atoms with Gasteiger partial charge in [0.25, 0.3) is 5.91 Å². The number of nitrogen functional groups attached to an aromatic ring is 1. The van der Waals surface area contributed by atoms with Gasteiger partial charge in [0.2, 0.25) is 0 Å². The largest absolute Gasteiger partial charge is 0.397 e. The molecule has 146 valence electrons. The summed E-state index contributed by atoms with van der Waals surface area (Å²) in [5.41, 5.74) is 11.2. The second-order valence-corrected chi connectivity index (χ2v) is 8.19. The Morgan fingerprint density at radius 2 is 1.76 bits per heavy atom. The molecule has 0 bridgehead atoms. The number of thiocarbonyl (C=S) groups is 1. The molecule has 3 N–H and O–H groups in total. The smallest absolute Gasteiger partial charge is 0.255 e. The fourth-order valence-electron chi connectivity index (χ4n) is 3.75. The molecule has 1 amide bonds. The lowest BCUT2D eigenvalue weighted by molar-refractivity contribution is 0.102. The first-order chi connectivity index (χ1) is 14.0. The SMILES string of the molecule is Nc1ccccc1NC(=O)c1ccc(CC2Cc3ccccc3N2C(=S)S)cc1. The standard InChI is InChI=1S/C23H21N3OS2/c24-19-6-2-3-7-20(19)25-22(27)16-11-9-15(10-12-16)13-18-14-17-5-1-4-8-21(17)26(18)23(28)29/h1-12,18H,13-14,24H2,(H,25,27)(H,28,29). The fraction of sp³-hybridized carbons (Fsp3) is 0.130. The van der Waals surface area contributed by atoms with Crippen LogP contribution in [0, 0.1) is 0 Å². The number of rotatable bonds is 4. The van der Waals surface area contributed by atoms with E-state index in [1.54, 1.807) is 12.1 Å². The maximum absolute atomic E-state index is 12.5. The summed E-state index contributed by atoms with van der Waals surface area (Å²) in [4.78, 5) is 14.6. The highest BCUT2D eigenvalue weighted by molar-refractivity contribution is 8.11. The Bertz CT molecular complexity index is 1070. The van der Waals surface area contributed by atoms with Crippen molar-refractivity contribution in [2.24, 2.45) is 0 Å². The van der Waals surface area contributed by atoms with E-state index in [2.05, 4.69) is 35.0 Å². The molecular formula is C23H21N3OS2. The minimum absolute atomic E-state index is 0.180. The van der Waals surface area contributed by atoms with Crippen LogP contribution >= 0.6 is 24.8 Å². The molecule has 1 heterocycles. The maximum atomic E-state index is 12.5. The summed E-state index contributed by atoms with van der Waals surface area (Å²) in [7, 11) is 0. The van der Waals surface area contributed by atoms with Crippen LogP contribution in [-0.4, -0.2) is 16.3 Å². The number of para-hydroxylation sites is 3. The van der Waals surface area contributed by atoms with E-state index >= 15 is 0 Å². The summed E-state index contributed by atoms with van der Waals surface area (Å²) in [5.74, 6) is -0.180. The van der Waals surface area contributed by atoms with Crippen LogP contribution in [0.3, 0.4) is 0 Å². The molecule has 1 aliphatic heterocycles. The third-order valence-corrected chi connectivity index (χ3v) is 5.59. The molecule has 1 unspecified atom stereocenters. The molecule has 29 heavy (non-hydrogen) atoms. The van der Waals surface area contributed by atoms with Gasteiger partial charge in [0.15, 0.2) is 0 Å². The Hall–Kier alpha value is -2.83. The summed E-state index contributed by atoms with van der Waals surface area (Å²) in [6, 6.07) is 23.4. The van der Waals surface area contributed by atoms with Gasteiger partial charge in [-0.2, -0.15) is 0 Å². The van der Waals surface area contributed by atoms with Gasteiger partial charge in [-0.15, -0.1) is 12.6 Å². The zero-order chi connectivity index (χ0) is 20.4. The number of hydrogen-bond donors (Lipinski definition) is 3. The van der Waals surface area contributed by atoms with Crippen molar-refractivity contribution in [2.75, 3.05) is 16.0 Å². The molecule has 1 aliphatic rings. The molecule has 0 aliphatic carbocycles. The van der Waals surface area contributed by atoms with Crippen molar-refractivity contribution in [2.45, 2.75) is 18.9 Å². The van der Waals surface area contributed by atoms with Gasteiger partial charge in [-0.1, -0.05) is 54.7 Å². The van der Waals surface area contributed by atoms with Crippen LogP contribution in [0.2, 0.25) is 0 Å². The molecule has 0 aromatic heterocycles. The fourth-order valence-corrected chi connectivity index (χ4v) is 4.27. The van der Waals surface area contributed by atoms with Crippen molar-refractivity contribution in [1.82, 2.24) is 0 Å². The van der Waals surface area contributed by atoms with Crippen LogP contribution in [0.15, 0.2) is 72.8 Å². The van der Waals surface area contributed by atoms with Gasteiger partial charge >= 0.3 is 0 Å². The van der Waals surface area contributed by atoms with E-state index in [1.807, 2.05) is 48.5 Å². The first-order valence-corrected chi connectivity index (χ1v) is 10.2. The number of thiol groups is 1. The van der Waals surface area contributed by atoms with Crippen molar-refractivity contribution in [3.63, 3.8) is 0 Å². The maximum Gasteiger partial charge on any atom is 0.255 e. The number of hydrogen-bond acceptors (Lipinski definition) is 3. The van der Waals surface area contributed by atoms with Gasteiger partial charge in [-0.05, 0) is 54.3 Å². The zero-order valence-corrected chi connectivity index (χ0v) is 17.4. The van der Waals surface area contributed by atoms with Crippen LogP contribution in [-0.2, 0) is 12.8 Å². The lowest BCUT2D eigenvalue weighted by Crippen LogP contribution is -2.35. The predicted octanol–water partition coefficient (Wildman–Crippen LogP) is 4.71. The molecule has 4 rings (SSSR count). The Morgan fingerprint density at radius 1 is 1.07 bits per heavy atom. The van der Waals surface area contributed by atoms with Crippen LogP contribution in [0.1, 0.15) is 21.5 Å². The number of amides is 1. The van der Waals surface area contributed by atoms with Gasteiger partial charge in [0, 0.05) is 17.3 Å². The average molecular weight is 420 g/mol. The van der Waals surface area contributed by atoms with Crippen molar-refractivity contribution >= 4 is 52.1 Å². The second-order valence-electron chi connectivity index (χ2n) is 7.08. The molecule has 4 nitrogen and oxygen atoms in total. The second kappa shape index (κ2) is 8.27. The minimum atomic E-state index is -0.180. The number of anilines is 3. The monoisotopic (exact) mass is 419 g/mol. The zero-order valence-electron chi connectivity index (χ0n) is 15.7. The van der Waals surface area contributed by atoms with Gasteiger partial charge < -0.3 is 16.0 Å². The van der Waals surface area contributed by atoms with Gasteiger partial charge in [-0.3, -0.25) is 4.79 Å². The first-order valence-electron chi connectivity index (χ1n) is 9.38. The number of carbonyl (C=O) groups excluding carboxylic acids is 1. The van der Waals surface area contributed by atoms with Crippen LogP contribution < -0.4 is 16.0 Å². The lowest BCUT2D eigenvalue weighted by atomic mass is 10.0. The Kier molecular flexibility index (Phi) is 5.56. The number of carbonyl (C=O) groups is 1. The van der Waals surface area contributed by atoms with Crippen LogP contribution in [0.5, 0.6) is 0 Å². The summed E-state index contributed by atoms with van der Waals surface area (Å²) < 4.78 is 0.580. The topological polar surface area (TPSA) is 58.4 Å². The molecular weight excluding hydrogens is 398 g/mol. The molecule has 3 aromatic carbocycles. The Balaban J connectivity index is 1.47. The van der Waals surface area contributed by atoms with E-state index in [0.717, 1.165) is 24.1 Å². The van der Waals surface area contributed by atoms with Gasteiger partial charge in [0.1, 0.15) is 4.32 Å². The minimum Gasteiger partial charge on any atom is -0.397 e. The van der Waals surface area contributed by atoms with E-state index in [1.165, 1.54) is 5.56 Å². The summed E-state index contributed by atoms with van der Waals surface area (Å²) in [6.45, 7) is 0. The lowest BCUT2D eigenvalue weighted by Gasteiger charge is -2.26. The van der Waals surface area contributed by atoms with Crippen molar-refractivity contribution < 1.29 is 4.79 Å². The first kappa shape index (κ1) is 19.5. The summed E-state index contributed by atoms with van der Waals surface area (Å²) in [5, 5.41) is 2.85. The van der Waals surface area contributed by atoms with Crippen LogP contribution in [0.25, 0.3) is 0 Å². The van der Waals surface area contributed by atoms with Gasteiger partial charge in [-0.25, -0.2) is 0 Å². The van der Waals surface area contributed by atoms with E-state index in [-0.39, 0.29) is 11.9 Å². The molecule has 0 radical (unpaired) electrons. The number of benzene rings is 3. The highest BCUT2D eigenvalue weighted by Gasteiger charge is 2.30. The van der Waals surface area contributed by atoms with Crippen molar-refractivity contribution in [3.05, 3.63) is 89.5 Å². The summed E-state index contributed by atoms with van der Waals surface area (Å²) >= 11 is 9.82. The molecule has 6 heteroatoms. The van der Waals surface area contributed by atoms with E-state index in [9.17, 15) is 4.79 Å². The molecule has 0 saturated carbocycles. The third-order valence-electron chi connectivity index (χ3n) is 5.17. The quantitative estimate of drug-likeness (QED) is 0.326. The molecule has 1 atom stereocenters. The van der Waals surface area contributed by atoms with E-state index in [4.69, 9.17) is 18.0 Å². The Labute approximate surface area is 181 Å². The average Bonchev–Trinajstić information content (AvgIpc) is 3.08. The molecule has 0 spiro atoms. The Morgan fingerprint density at radius 3 is 2.48 bits per heavy atom. The van der Waals surface area contributed by atoms with E-state index in [0.29, 0.717) is 21.3 Å². The van der Waals surface area contributed by atoms with Crippen molar-refractivity contribution in [1.29, 1.82) is 0 Å². The number of nitrogens with zero attached hydrogens (tertiary/aromatic N) is 1. The number of nitrogens with two attached hydrogens (primary N) is 1. The third kappa shape index (κ3) is 4.13. The van der Waals surface area contributed by atoms with E-state index < -0.39 is 0 Å². The molecule has 0 saturated heterocycles. The number of fused-ring (bicyclic) bond motifs is 1.